The van der Waals surface area contributed by atoms with Gasteiger partial charge in [0.15, 0.2) is 0 Å². The maximum Gasteiger partial charge on any atom is 0.268 e. The van der Waals surface area contributed by atoms with Crippen LogP contribution in [0.15, 0.2) is 30.5 Å². The molecular formula is C17H20N4O2. The van der Waals surface area contributed by atoms with E-state index in [4.69, 9.17) is 11.5 Å². The van der Waals surface area contributed by atoms with E-state index in [1.54, 1.807) is 17.8 Å². The molecule has 0 saturated carbocycles. The van der Waals surface area contributed by atoms with Crippen molar-refractivity contribution >= 4 is 17.5 Å². The first-order valence-corrected chi connectivity index (χ1v) is 7.61. The quantitative estimate of drug-likeness (QED) is 0.748. The van der Waals surface area contributed by atoms with Crippen molar-refractivity contribution in [3.05, 3.63) is 52.8 Å². The first-order valence-electron chi connectivity index (χ1n) is 7.61. The number of rotatable bonds is 3. The van der Waals surface area contributed by atoms with Gasteiger partial charge in [0.25, 0.3) is 5.91 Å². The highest BCUT2D eigenvalue weighted by molar-refractivity contribution is 5.98. The monoisotopic (exact) mass is 312 g/mol. The van der Waals surface area contributed by atoms with Crippen LogP contribution in [-0.4, -0.2) is 16.4 Å². The van der Waals surface area contributed by atoms with Gasteiger partial charge in [0.05, 0.1) is 11.6 Å². The van der Waals surface area contributed by atoms with Crippen LogP contribution in [0, 0.1) is 0 Å². The molecule has 23 heavy (non-hydrogen) atoms. The summed E-state index contributed by atoms with van der Waals surface area (Å²) < 4.78 is 1.61. The highest BCUT2D eigenvalue weighted by atomic mass is 16.2. The van der Waals surface area contributed by atoms with Crippen molar-refractivity contribution in [3.8, 4) is 0 Å². The van der Waals surface area contributed by atoms with E-state index >= 15 is 0 Å². The number of aryl methyl sites for hydroxylation is 2. The van der Waals surface area contributed by atoms with Gasteiger partial charge < -0.3 is 21.4 Å². The molecule has 1 unspecified atom stereocenters. The molecule has 0 saturated heterocycles. The molecule has 1 aromatic carbocycles. The number of nitrogens with zero attached hydrogens (tertiary/aromatic N) is 1. The van der Waals surface area contributed by atoms with Gasteiger partial charge in [-0.1, -0.05) is 6.07 Å². The van der Waals surface area contributed by atoms with Crippen LogP contribution < -0.4 is 16.8 Å². The zero-order valence-corrected chi connectivity index (χ0v) is 13.0. The summed E-state index contributed by atoms with van der Waals surface area (Å²) in [6.07, 6.45) is 4.42. The second kappa shape index (κ2) is 5.79. The van der Waals surface area contributed by atoms with E-state index in [0.29, 0.717) is 11.3 Å². The Bertz CT molecular complexity index is 779. The van der Waals surface area contributed by atoms with Crippen molar-refractivity contribution in [2.45, 2.75) is 25.3 Å². The fraction of sp³-hybridized carbons (Fsp3) is 0.294. The Balaban J connectivity index is 1.83. The molecule has 1 aliphatic carbocycles. The molecule has 120 valence electrons. The van der Waals surface area contributed by atoms with E-state index < -0.39 is 5.91 Å². The standard InChI is InChI=1S/C17H20N4O2/c1-21-9-11(16(19)22)8-15(21)17(23)20-14-4-2-3-10-7-12(18)5-6-13(10)14/h5-9,14H,2-4,18H2,1H3,(H2,19,22)(H,20,23). The molecule has 1 aliphatic rings. The average molecular weight is 312 g/mol. The van der Waals surface area contributed by atoms with Gasteiger partial charge in [0, 0.05) is 18.9 Å². The predicted molar refractivity (Wildman–Crippen MR) is 87.9 cm³/mol. The summed E-state index contributed by atoms with van der Waals surface area (Å²) in [4.78, 5) is 23.8. The van der Waals surface area contributed by atoms with Crippen LogP contribution in [0.4, 0.5) is 5.69 Å². The van der Waals surface area contributed by atoms with Crippen molar-refractivity contribution in [2.75, 3.05) is 5.73 Å². The van der Waals surface area contributed by atoms with Crippen LogP contribution in [0.5, 0.6) is 0 Å². The number of carbonyl (C=O) groups is 2. The molecule has 2 amide bonds. The minimum atomic E-state index is -0.543. The minimum absolute atomic E-state index is 0.0428. The van der Waals surface area contributed by atoms with E-state index in [2.05, 4.69) is 5.32 Å². The Labute approximate surface area is 134 Å². The first-order chi connectivity index (χ1) is 11.0. The summed E-state index contributed by atoms with van der Waals surface area (Å²) in [5.74, 6) is -0.757. The fourth-order valence-corrected chi connectivity index (χ4v) is 3.14. The minimum Gasteiger partial charge on any atom is -0.399 e. The largest absolute Gasteiger partial charge is 0.399 e. The third-order valence-corrected chi connectivity index (χ3v) is 4.31. The summed E-state index contributed by atoms with van der Waals surface area (Å²) in [7, 11) is 1.72. The van der Waals surface area contributed by atoms with E-state index in [-0.39, 0.29) is 11.9 Å². The molecular weight excluding hydrogens is 292 g/mol. The molecule has 1 heterocycles. The molecule has 0 aliphatic heterocycles. The lowest BCUT2D eigenvalue weighted by Crippen LogP contribution is -2.32. The lowest BCUT2D eigenvalue weighted by molar-refractivity contribution is 0.0924. The van der Waals surface area contributed by atoms with Crippen LogP contribution in [0.3, 0.4) is 0 Å². The molecule has 0 radical (unpaired) electrons. The molecule has 6 heteroatoms. The number of primary amides is 1. The van der Waals surface area contributed by atoms with Crippen molar-refractivity contribution < 1.29 is 9.59 Å². The lowest BCUT2D eigenvalue weighted by Gasteiger charge is -2.26. The summed E-state index contributed by atoms with van der Waals surface area (Å²) in [6, 6.07) is 7.29. The van der Waals surface area contributed by atoms with Crippen LogP contribution in [0.25, 0.3) is 0 Å². The number of hydrogen-bond acceptors (Lipinski definition) is 3. The van der Waals surface area contributed by atoms with Gasteiger partial charge in [-0.25, -0.2) is 0 Å². The Kier molecular flexibility index (Phi) is 3.82. The summed E-state index contributed by atoms with van der Waals surface area (Å²) in [5.41, 5.74) is 14.9. The second-order valence-electron chi connectivity index (χ2n) is 5.97. The van der Waals surface area contributed by atoms with Gasteiger partial charge in [-0.3, -0.25) is 9.59 Å². The predicted octanol–water partition coefficient (Wildman–Crippen LogP) is 1.51. The van der Waals surface area contributed by atoms with E-state index in [9.17, 15) is 9.59 Å². The van der Waals surface area contributed by atoms with Crippen LogP contribution in [0.2, 0.25) is 0 Å². The highest BCUT2D eigenvalue weighted by Crippen LogP contribution is 2.31. The number of amides is 2. The number of anilines is 1. The van der Waals surface area contributed by atoms with Gasteiger partial charge >= 0.3 is 0 Å². The van der Waals surface area contributed by atoms with Crippen molar-refractivity contribution in [2.24, 2.45) is 12.8 Å². The number of aromatic nitrogens is 1. The van der Waals surface area contributed by atoms with Crippen LogP contribution in [-0.2, 0) is 13.5 Å². The molecule has 6 nitrogen and oxygen atoms in total. The zero-order chi connectivity index (χ0) is 16.6. The number of benzene rings is 1. The van der Waals surface area contributed by atoms with Gasteiger partial charge in [-0.15, -0.1) is 0 Å². The van der Waals surface area contributed by atoms with Crippen molar-refractivity contribution in [3.63, 3.8) is 0 Å². The number of nitrogen functional groups attached to an aromatic ring is 1. The normalized spacial score (nSPS) is 16.7. The third-order valence-electron chi connectivity index (χ3n) is 4.31. The number of nitrogens with two attached hydrogens (primary N) is 2. The second-order valence-corrected chi connectivity index (χ2v) is 5.97. The Morgan fingerprint density at radius 2 is 2.09 bits per heavy atom. The molecule has 1 aromatic heterocycles. The number of carbonyl (C=O) groups excluding carboxylic acids is 2. The highest BCUT2D eigenvalue weighted by Gasteiger charge is 2.23. The Morgan fingerprint density at radius 1 is 1.30 bits per heavy atom. The van der Waals surface area contributed by atoms with Gasteiger partial charge in [-0.2, -0.15) is 0 Å². The first kappa shape index (κ1) is 15.1. The van der Waals surface area contributed by atoms with Gasteiger partial charge in [-0.05, 0) is 48.6 Å². The third kappa shape index (κ3) is 2.92. The molecule has 2 aromatic rings. The maximum absolute atomic E-state index is 12.5. The lowest BCUT2D eigenvalue weighted by atomic mass is 9.87. The van der Waals surface area contributed by atoms with Crippen molar-refractivity contribution in [1.29, 1.82) is 0 Å². The van der Waals surface area contributed by atoms with Crippen LogP contribution in [0.1, 0.15) is 50.9 Å². The summed E-state index contributed by atoms with van der Waals surface area (Å²) in [6.45, 7) is 0. The number of fused-ring (bicyclic) bond motifs is 1. The van der Waals surface area contributed by atoms with Gasteiger partial charge in [0.2, 0.25) is 5.91 Å². The SMILES string of the molecule is Cn1cc(C(N)=O)cc1C(=O)NC1CCCc2cc(N)ccc21. The summed E-state index contributed by atoms with van der Waals surface area (Å²) in [5, 5.41) is 3.05. The molecule has 3 rings (SSSR count). The average Bonchev–Trinajstić information content (AvgIpc) is 2.89. The molecule has 0 bridgehead atoms. The Morgan fingerprint density at radius 3 is 2.78 bits per heavy atom. The number of hydrogen-bond donors (Lipinski definition) is 3. The smallest absolute Gasteiger partial charge is 0.268 e. The molecule has 0 fully saturated rings. The molecule has 5 N–H and O–H groups in total. The number of nitrogens with one attached hydrogen (secondary N) is 1. The van der Waals surface area contributed by atoms with E-state index in [1.165, 1.54) is 11.6 Å². The van der Waals surface area contributed by atoms with Crippen molar-refractivity contribution in [1.82, 2.24) is 9.88 Å². The van der Waals surface area contributed by atoms with Gasteiger partial charge in [0.1, 0.15) is 5.69 Å². The van der Waals surface area contributed by atoms with E-state index in [1.807, 2.05) is 18.2 Å². The van der Waals surface area contributed by atoms with E-state index in [0.717, 1.165) is 30.5 Å². The van der Waals surface area contributed by atoms with Crippen LogP contribution >= 0.6 is 0 Å². The fourth-order valence-electron chi connectivity index (χ4n) is 3.14. The topological polar surface area (TPSA) is 103 Å². The molecule has 1 atom stereocenters. The molecule has 0 spiro atoms. The zero-order valence-electron chi connectivity index (χ0n) is 13.0. The maximum atomic E-state index is 12.5. The summed E-state index contributed by atoms with van der Waals surface area (Å²) >= 11 is 0. The Hall–Kier alpha value is -2.76.